The zero-order valence-electron chi connectivity index (χ0n) is 12.2. The highest BCUT2D eigenvalue weighted by molar-refractivity contribution is 7.92. The average molecular weight is 338 g/mol. The van der Waals surface area contributed by atoms with Gasteiger partial charge in [0.15, 0.2) is 0 Å². The van der Waals surface area contributed by atoms with Crippen LogP contribution in [0.25, 0.3) is 0 Å². The van der Waals surface area contributed by atoms with Crippen molar-refractivity contribution in [2.45, 2.75) is 20.8 Å². The van der Waals surface area contributed by atoms with E-state index in [4.69, 9.17) is 4.52 Å². The second-order valence-corrected chi connectivity index (χ2v) is 6.73. The van der Waals surface area contributed by atoms with Gasteiger partial charge >= 0.3 is 0 Å². The third-order valence-electron chi connectivity index (χ3n) is 1.99. The standard InChI is InChI=1S/C9H13N2O6PS.C2H6/c1-3-17-18(14)9-6-7(10-19(2,15)16)4-5-8(9)11(12)13;1-2/h4-6,10,18H,3H2,1-2H3;1-2H3. The molecule has 0 aliphatic heterocycles. The van der Waals surface area contributed by atoms with Crippen molar-refractivity contribution < 1.29 is 22.4 Å². The Labute approximate surface area is 124 Å². The van der Waals surface area contributed by atoms with Crippen LogP contribution in [0.4, 0.5) is 11.4 Å². The van der Waals surface area contributed by atoms with Crippen LogP contribution in [0.15, 0.2) is 18.2 Å². The number of nitrogens with one attached hydrogen (secondary N) is 1. The molecule has 1 aromatic rings. The Morgan fingerprint density at radius 2 is 1.95 bits per heavy atom. The second kappa shape index (κ2) is 8.76. The molecule has 0 saturated heterocycles. The summed E-state index contributed by atoms with van der Waals surface area (Å²) < 4.78 is 41.0. The Balaban J connectivity index is 0.00000191. The number of nitrogens with zero attached hydrogens (tertiary/aromatic N) is 1. The van der Waals surface area contributed by atoms with Gasteiger partial charge in [0, 0.05) is 11.8 Å². The summed E-state index contributed by atoms with van der Waals surface area (Å²) >= 11 is 0. The van der Waals surface area contributed by atoms with Gasteiger partial charge in [-0.05, 0) is 19.1 Å². The van der Waals surface area contributed by atoms with Crippen LogP contribution in [0.3, 0.4) is 0 Å². The van der Waals surface area contributed by atoms with Gasteiger partial charge in [0.05, 0.1) is 17.8 Å². The minimum Gasteiger partial charge on any atom is -0.327 e. The Hall–Kier alpha value is -1.44. The molecule has 10 heteroatoms. The maximum Gasteiger partial charge on any atom is 0.282 e. The first-order chi connectivity index (χ1) is 9.74. The lowest BCUT2D eigenvalue weighted by molar-refractivity contribution is -0.383. The third-order valence-corrected chi connectivity index (χ3v) is 3.99. The van der Waals surface area contributed by atoms with Crippen molar-refractivity contribution >= 4 is 34.7 Å². The molecule has 8 nitrogen and oxygen atoms in total. The SMILES string of the molecule is CC.CCO[PH](=O)c1cc(NS(C)(=O)=O)ccc1[N+](=O)[O-]. The van der Waals surface area contributed by atoms with Crippen molar-refractivity contribution in [3.8, 4) is 0 Å². The van der Waals surface area contributed by atoms with E-state index in [9.17, 15) is 23.1 Å². The predicted molar refractivity (Wildman–Crippen MR) is 83.2 cm³/mol. The number of benzene rings is 1. The molecule has 1 unspecified atom stereocenters. The van der Waals surface area contributed by atoms with Crippen LogP contribution in [0.1, 0.15) is 20.8 Å². The second-order valence-electron chi connectivity index (χ2n) is 3.58. The molecule has 0 bridgehead atoms. The molecule has 0 aliphatic carbocycles. The molecule has 1 rings (SSSR count). The Kier molecular flexibility index (Phi) is 8.16. The van der Waals surface area contributed by atoms with Gasteiger partial charge in [-0.2, -0.15) is 0 Å². The summed E-state index contributed by atoms with van der Waals surface area (Å²) in [5.41, 5.74) is -0.266. The van der Waals surface area contributed by atoms with Gasteiger partial charge < -0.3 is 4.52 Å². The highest BCUT2D eigenvalue weighted by Gasteiger charge is 2.20. The fourth-order valence-corrected chi connectivity index (χ4v) is 2.98. The molecule has 0 radical (unpaired) electrons. The summed E-state index contributed by atoms with van der Waals surface area (Å²) in [4.78, 5) is 10.1. The molecule has 1 N–H and O–H groups in total. The van der Waals surface area contributed by atoms with Crippen LogP contribution in [0, 0.1) is 10.1 Å². The smallest absolute Gasteiger partial charge is 0.282 e. The van der Waals surface area contributed by atoms with Gasteiger partial charge in [-0.15, -0.1) is 0 Å². The zero-order valence-corrected chi connectivity index (χ0v) is 14.1. The van der Waals surface area contributed by atoms with Gasteiger partial charge in [0.25, 0.3) is 5.69 Å². The minimum absolute atomic E-state index is 0.0983. The highest BCUT2D eigenvalue weighted by Crippen LogP contribution is 2.29. The van der Waals surface area contributed by atoms with E-state index in [0.29, 0.717) is 0 Å². The van der Waals surface area contributed by atoms with E-state index in [1.165, 1.54) is 6.07 Å². The molecule has 0 fully saturated rings. The van der Waals surface area contributed by atoms with Gasteiger partial charge in [-0.25, -0.2) is 8.42 Å². The van der Waals surface area contributed by atoms with Crippen LogP contribution in [-0.4, -0.2) is 26.2 Å². The monoisotopic (exact) mass is 338 g/mol. The van der Waals surface area contributed by atoms with E-state index in [1.54, 1.807) is 6.92 Å². The molecular weight excluding hydrogens is 319 g/mol. The van der Waals surface area contributed by atoms with E-state index < -0.39 is 23.0 Å². The summed E-state index contributed by atoms with van der Waals surface area (Å²) in [5, 5.41) is 10.7. The van der Waals surface area contributed by atoms with E-state index in [1.807, 2.05) is 13.8 Å². The van der Waals surface area contributed by atoms with Crippen LogP contribution >= 0.6 is 8.03 Å². The third kappa shape index (κ3) is 6.70. The first-order valence-corrected chi connectivity index (χ1v) is 9.38. The van der Waals surface area contributed by atoms with Crippen molar-refractivity contribution in [3.05, 3.63) is 28.3 Å². The quantitative estimate of drug-likeness (QED) is 0.482. The zero-order chi connectivity index (χ0) is 16.6. The van der Waals surface area contributed by atoms with Crippen LogP contribution < -0.4 is 10.0 Å². The Bertz CT molecular complexity index is 617. The summed E-state index contributed by atoms with van der Waals surface area (Å²) in [7, 11) is -6.31. The van der Waals surface area contributed by atoms with Gasteiger partial charge in [0.2, 0.25) is 18.1 Å². The number of nitro groups is 1. The van der Waals surface area contributed by atoms with Crippen molar-refractivity contribution in [2.24, 2.45) is 0 Å². The van der Waals surface area contributed by atoms with Crippen molar-refractivity contribution in [1.29, 1.82) is 0 Å². The fourth-order valence-electron chi connectivity index (χ4n) is 1.35. The van der Waals surface area contributed by atoms with E-state index in [2.05, 4.69) is 4.72 Å². The van der Waals surface area contributed by atoms with E-state index in [0.717, 1.165) is 18.4 Å². The molecule has 0 heterocycles. The number of nitro benzene ring substituents is 1. The Morgan fingerprint density at radius 1 is 1.38 bits per heavy atom. The molecule has 0 saturated carbocycles. The lowest BCUT2D eigenvalue weighted by atomic mass is 10.3. The van der Waals surface area contributed by atoms with Crippen molar-refractivity contribution in [3.63, 3.8) is 0 Å². The normalized spacial score (nSPS) is 12.0. The van der Waals surface area contributed by atoms with E-state index in [-0.39, 0.29) is 23.3 Å². The first kappa shape index (κ1) is 19.6. The van der Waals surface area contributed by atoms with Gasteiger partial charge in [-0.3, -0.25) is 19.4 Å². The number of anilines is 1. The van der Waals surface area contributed by atoms with Crippen molar-refractivity contribution in [1.82, 2.24) is 0 Å². The highest BCUT2D eigenvalue weighted by atomic mass is 32.2. The van der Waals surface area contributed by atoms with Crippen LogP contribution in [-0.2, 0) is 19.1 Å². The summed E-state index contributed by atoms with van der Waals surface area (Å²) in [6, 6.07) is 3.46. The summed E-state index contributed by atoms with van der Waals surface area (Å²) in [5.74, 6) is 0. The molecule has 0 spiro atoms. The van der Waals surface area contributed by atoms with Crippen LogP contribution in [0.2, 0.25) is 0 Å². The molecule has 0 amide bonds. The lowest BCUT2D eigenvalue weighted by Gasteiger charge is -2.07. The van der Waals surface area contributed by atoms with Crippen molar-refractivity contribution in [2.75, 3.05) is 17.6 Å². The van der Waals surface area contributed by atoms with Gasteiger partial charge in [0.1, 0.15) is 5.30 Å². The van der Waals surface area contributed by atoms with Crippen LogP contribution in [0.5, 0.6) is 0 Å². The molecular formula is C11H19N2O6PS. The number of hydrogen-bond acceptors (Lipinski definition) is 6. The molecule has 1 aromatic carbocycles. The van der Waals surface area contributed by atoms with Gasteiger partial charge in [-0.1, -0.05) is 13.8 Å². The first-order valence-electron chi connectivity index (χ1n) is 6.18. The predicted octanol–water partition coefficient (Wildman–Crippen LogP) is 2.13. The number of sulfonamides is 1. The number of rotatable bonds is 6. The average Bonchev–Trinajstić information content (AvgIpc) is 2.39. The van der Waals surface area contributed by atoms with E-state index >= 15 is 0 Å². The summed E-state index contributed by atoms with van der Waals surface area (Å²) in [6.07, 6.45) is 0.944. The Morgan fingerprint density at radius 3 is 2.38 bits per heavy atom. The maximum atomic E-state index is 11.8. The molecule has 21 heavy (non-hydrogen) atoms. The molecule has 0 aliphatic rings. The number of hydrogen-bond donors (Lipinski definition) is 1. The largest absolute Gasteiger partial charge is 0.327 e. The maximum absolute atomic E-state index is 11.8. The molecule has 1 atom stereocenters. The fraction of sp³-hybridized carbons (Fsp3) is 0.455. The minimum atomic E-state index is -3.52. The molecule has 0 aromatic heterocycles. The topological polar surface area (TPSA) is 116 Å². The molecule has 120 valence electrons. The lowest BCUT2D eigenvalue weighted by Crippen LogP contribution is -2.13. The summed E-state index contributed by atoms with van der Waals surface area (Å²) in [6.45, 7) is 5.74.